The molecule has 102 valence electrons. The number of rotatable bonds is 5. The maximum absolute atomic E-state index is 10.9. The number of primary amides is 1. The van der Waals surface area contributed by atoms with Crippen LogP contribution in [0.2, 0.25) is 0 Å². The van der Waals surface area contributed by atoms with Crippen molar-refractivity contribution < 1.29 is 19.2 Å². The molecule has 0 bridgehead atoms. The molecule has 0 aliphatic carbocycles. The monoisotopic (exact) mass is 268 g/mol. The van der Waals surface area contributed by atoms with Gasteiger partial charge in [0.2, 0.25) is 5.75 Å². The maximum atomic E-state index is 10.9. The molecule has 9 nitrogen and oxygen atoms in total. The topological polar surface area (TPSA) is 129 Å². The largest absolute Gasteiger partial charge is 0.496 e. The minimum absolute atomic E-state index is 0.0573. The van der Waals surface area contributed by atoms with Gasteiger partial charge in [-0.2, -0.15) is 5.10 Å². The fraction of sp³-hybridized carbons (Fsp3) is 0.200. The van der Waals surface area contributed by atoms with Crippen LogP contribution in [-0.2, 0) is 0 Å². The Kier molecular flexibility index (Phi) is 4.63. The van der Waals surface area contributed by atoms with Gasteiger partial charge >= 0.3 is 11.7 Å². The van der Waals surface area contributed by atoms with Gasteiger partial charge in [0.1, 0.15) is 5.75 Å². The molecule has 2 amide bonds. The average molecular weight is 268 g/mol. The number of nitrogens with zero attached hydrogens (tertiary/aromatic N) is 2. The molecule has 0 aliphatic rings. The molecule has 1 aromatic rings. The van der Waals surface area contributed by atoms with Crippen molar-refractivity contribution in [1.82, 2.24) is 5.43 Å². The van der Waals surface area contributed by atoms with E-state index in [1.54, 1.807) is 0 Å². The second-order valence-corrected chi connectivity index (χ2v) is 3.26. The van der Waals surface area contributed by atoms with Gasteiger partial charge in [0.05, 0.1) is 25.4 Å². The zero-order valence-electron chi connectivity index (χ0n) is 10.2. The molecule has 0 spiro atoms. The summed E-state index contributed by atoms with van der Waals surface area (Å²) in [5.74, 6) is 0.360. The predicted molar refractivity (Wildman–Crippen MR) is 66.5 cm³/mol. The molecule has 0 saturated carbocycles. The van der Waals surface area contributed by atoms with Crippen LogP contribution in [0.15, 0.2) is 17.2 Å². The van der Waals surface area contributed by atoms with E-state index in [0.29, 0.717) is 11.3 Å². The van der Waals surface area contributed by atoms with Crippen LogP contribution in [0.25, 0.3) is 0 Å². The Morgan fingerprint density at radius 2 is 2.05 bits per heavy atom. The van der Waals surface area contributed by atoms with Gasteiger partial charge in [-0.15, -0.1) is 0 Å². The number of methoxy groups -OCH3 is 2. The third-order valence-corrected chi connectivity index (χ3v) is 2.11. The number of benzene rings is 1. The number of nitrogens with two attached hydrogens (primary N) is 1. The first-order chi connectivity index (χ1) is 8.99. The Labute approximate surface area is 108 Å². The first-order valence-electron chi connectivity index (χ1n) is 4.98. The summed E-state index contributed by atoms with van der Waals surface area (Å²) in [6.07, 6.45) is 1.18. The van der Waals surface area contributed by atoms with Gasteiger partial charge in [0, 0.05) is 17.7 Å². The molecule has 0 fully saturated rings. The van der Waals surface area contributed by atoms with E-state index in [9.17, 15) is 14.9 Å². The molecule has 3 N–H and O–H groups in total. The second-order valence-electron chi connectivity index (χ2n) is 3.26. The summed E-state index contributed by atoms with van der Waals surface area (Å²) in [7, 11) is 2.70. The number of urea groups is 1. The van der Waals surface area contributed by atoms with Crippen LogP contribution in [0.3, 0.4) is 0 Å². The molecular weight excluding hydrogens is 256 g/mol. The Hall–Kier alpha value is -2.84. The highest BCUT2D eigenvalue weighted by Crippen LogP contribution is 2.33. The Morgan fingerprint density at radius 3 is 2.53 bits per heavy atom. The lowest BCUT2D eigenvalue weighted by molar-refractivity contribution is -0.385. The van der Waals surface area contributed by atoms with Gasteiger partial charge < -0.3 is 15.2 Å². The predicted octanol–water partition coefficient (Wildman–Crippen LogP) is 0.614. The lowest BCUT2D eigenvalue weighted by Gasteiger charge is -2.07. The number of amides is 2. The molecule has 9 heteroatoms. The van der Waals surface area contributed by atoms with Crippen molar-refractivity contribution in [2.45, 2.75) is 0 Å². The average Bonchev–Trinajstić information content (AvgIpc) is 2.37. The number of carbonyl (C=O) groups is 1. The molecule has 0 aromatic heterocycles. The van der Waals surface area contributed by atoms with Crippen molar-refractivity contribution in [2.75, 3.05) is 14.2 Å². The number of nitro groups is 1. The highest BCUT2D eigenvalue weighted by atomic mass is 16.6. The summed E-state index contributed by atoms with van der Waals surface area (Å²) in [4.78, 5) is 20.7. The molecule has 0 atom stereocenters. The zero-order chi connectivity index (χ0) is 14.4. The molecule has 0 radical (unpaired) electrons. The Balaban J connectivity index is 3.21. The van der Waals surface area contributed by atoms with Crippen LogP contribution in [-0.4, -0.2) is 31.4 Å². The van der Waals surface area contributed by atoms with E-state index in [4.69, 9.17) is 15.2 Å². The number of hydrogen-bond donors (Lipinski definition) is 2. The van der Waals surface area contributed by atoms with Crippen molar-refractivity contribution in [3.8, 4) is 11.5 Å². The zero-order valence-corrected chi connectivity index (χ0v) is 10.2. The number of nitrogens with one attached hydrogen (secondary N) is 1. The maximum Gasteiger partial charge on any atom is 0.332 e. The lowest BCUT2D eigenvalue weighted by Crippen LogP contribution is -2.24. The SMILES string of the molecule is COc1cc(OC)c([N+](=O)[O-])cc1/C=N\NC(N)=O. The van der Waals surface area contributed by atoms with Crippen LogP contribution in [0.4, 0.5) is 10.5 Å². The van der Waals surface area contributed by atoms with Crippen LogP contribution in [0, 0.1) is 10.1 Å². The van der Waals surface area contributed by atoms with E-state index in [-0.39, 0.29) is 11.4 Å². The lowest BCUT2D eigenvalue weighted by atomic mass is 10.1. The Morgan fingerprint density at radius 1 is 1.42 bits per heavy atom. The van der Waals surface area contributed by atoms with Gasteiger partial charge in [-0.1, -0.05) is 0 Å². The molecule has 0 heterocycles. The van der Waals surface area contributed by atoms with E-state index < -0.39 is 11.0 Å². The molecular formula is C10H12N4O5. The van der Waals surface area contributed by atoms with Crippen molar-refractivity contribution >= 4 is 17.9 Å². The van der Waals surface area contributed by atoms with E-state index in [1.165, 1.54) is 32.6 Å². The number of ether oxygens (including phenoxy) is 2. The van der Waals surface area contributed by atoms with E-state index in [1.807, 2.05) is 5.43 Å². The molecule has 0 unspecified atom stereocenters. The van der Waals surface area contributed by atoms with Crippen LogP contribution < -0.4 is 20.6 Å². The highest BCUT2D eigenvalue weighted by Gasteiger charge is 2.18. The third kappa shape index (κ3) is 3.56. The quantitative estimate of drug-likeness (QED) is 0.459. The minimum Gasteiger partial charge on any atom is -0.496 e. The summed E-state index contributed by atoms with van der Waals surface area (Å²) in [6.45, 7) is 0. The van der Waals surface area contributed by atoms with E-state index in [0.717, 1.165) is 0 Å². The first-order valence-corrected chi connectivity index (χ1v) is 4.98. The van der Waals surface area contributed by atoms with Crippen LogP contribution in [0.5, 0.6) is 11.5 Å². The van der Waals surface area contributed by atoms with Gasteiger partial charge in [-0.05, 0) is 0 Å². The number of hydrazone groups is 1. The molecule has 0 aliphatic heterocycles. The van der Waals surface area contributed by atoms with Crippen molar-refractivity contribution in [3.63, 3.8) is 0 Å². The fourth-order valence-corrected chi connectivity index (χ4v) is 1.32. The summed E-state index contributed by atoms with van der Waals surface area (Å²) in [5, 5.41) is 14.4. The number of carbonyl (C=O) groups excluding carboxylic acids is 1. The molecule has 0 saturated heterocycles. The summed E-state index contributed by atoms with van der Waals surface area (Å²) < 4.78 is 9.93. The third-order valence-electron chi connectivity index (χ3n) is 2.11. The van der Waals surface area contributed by atoms with Crippen LogP contribution in [0.1, 0.15) is 5.56 Å². The molecule has 1 aromatic carbocycles. The minimum atomic E-state index is -0.849. The van der Waals surface area contributed by atoms with Crippen molar-refractivity contribution in [3.05, 3.63) is 27.8 Å². The first kappa shape index (κ1) is 14.2. The summed E-state index contributed by atoms with van der Waals surface area (Å²) >= 11 is 0. The van der Waals surface area contributed by atoms with Gasteiger partial charge in [-0.3, -0.25) is 10.1 Å². The fourth-order valence-electron chi connectivity index (χ4n) is 1.32. The van der Waals surface area contributed by atoms with Crippen molar-refractivity contribution in [1.29, 1.82) is 0 Å². The Bertz CT molecular complexity index is 529. The number of nitro benzene ring substituents is 1. The van der Waals surface area contributed by atoms with Gasteiger partial charge in [0.15, 0.2) is 0 Å². The second kappa shape index (κ2) is 6.19. The number of hydrogen-bond acceptors (Lipinski definition) is 6. The van der Waals surface area contributed by atoms with Gasteiger partial charge in [-0.25, -0.2) is 10.2 Å². The molecule has 19 heavy (non-hydrogen) atoms. The summed E-state index contributed by atoms with van der Waals surface area (Å²) in [5.41, 5.74) is 6.85. The van der Waals surface area contributed by atoms with E-state index >= 15 is 0 Å². The summed E-state index contributed by atoms with van der Waals surface area (Å²) in [6, 6.07) is 1.71. The van der Waals surface area contributed by atoms with E-state index in [2.05, 4.69) is 5.10 Å². The van der Waals surface area contributed by atoms with Gasteiger partial charge in [0.25, 0.3) is 0 Å². The smallest absolute Gasteiger partial charge is 0.332 e. The standard InChI is InChI=1S/C10H12N4O5/c1-18-8-4-9(19-2)7(14(16)17)3-6(8)5-12-13-10(11)15/h3-5H,1-2H3,(H3,11,13,15)/b12-5-. The highest BCUT2D eigenvalue weighted by molar-refractivity contribution is 5.86. The normalized spacial score (nSPS) is 10.2. The molecule has 1 rings (SSSR count). The van der Waals surface area contributed by atoms with Crippen LogP contribution >= 0.6 is 0 Å². The van der Waals surface area contributed by atoms with Crippen molar-refractivity contribution in [2.24, 2.45) is 10.8 Å².